The fraction of sp³-hybridized carbons (Fsp3) is 0.280. The standard InChI is InChI=1S/C25H26N6O2/c1-2-23(32)26-14-18-9-6-10-22-19(18)15-28-31(22)25-29-21-11-12-33-16-20(21)24(30-25)27-13-17-7-4-3-5-8-17/h3-10,15H,2,11-14,16H2,1H3,(H,26,32)(H,27,29,30). The van der Waals surface area contributed by atoms with Crippen molar-refractivity contribution in [3.05, 3.63) is 77.1 Å². The number of aromatic nitrogens is 4. The molecule has 33 heavy (non-hydrogen) atoms. The summed E-state index contributed by atoms with van der Waals surface area (Å²) in [4.78, 5) is 21.4. The quantitative estimate of drug-likeness (QED) is 0.455. The number of carbonyl (C=O) groups excluding carboxylic acids is 1. The first-order chi connectivity index (χ1) is 16.2. The maximum Gasteiger partial charge on any atom is 0.253 e. The van der Waals surface area contributed by atoms with Crippen molar-refractivity contribution in [2.24, 2.45) is 0 Å². The molecule has 0 radical (unpaired) electrons. The molecule has 0 unspecified atom stereocenters. The minimum atomic E-state index is 0.0220. The number of fused-ring (bicyclic) bond motifs is 2. The number of anilines is 1. The summed E-state index contributed by atoms with van der Waals surface area (Å²) in [5.41, 5.74) is 5.07. The van der Waals surface area contributed by atoms with Gasteiger partial charge >= 0.3 is 0 Å². The van der Waals surface area contributed by atoms with E-state index < -0.39 is 0 Å². The van der Waals surface area contributed by atoms with Crippen LogP contribution in [0.3, 0.4) is 0 Å². The monoisotopic (exact) mass is 442 g/mol. The van der Waals surface area contributed by atoms with Crippen molar-refractivity contribution in [3.8, 4) is 5.95 Å². The van der Waals surface area contributed by atoms with Gasteiger partial charge in [-0.25, -0.2) is 4.98 Å². The average Bonchev–Trinajstić information content (AvgIpc) is 3.31. The maximum atomic E-state index is 11.7. The van der Waals surface area contributed by atoms with Crippen LogP contribution in [0.2, 0.25) is 0 Å². The molecular weight excluding hydrogens is 416 g/mol. The lowest BCUT2D eigenvalue weighted by Crippen LogP contribution is -2.21. The fourth-order valence-electron chi connectivity index (χ4n) is 3.98. The summed E-state index contributed by atoms with van der Waals surface area (Å²) in [5, 5.41) is 12.0. The molecule has 3 heterocycles. The molecule has 4 aromatic rings. The van der Waals surface area contributed by atoms with E-state index in [1.165, 1.54) is 5.56 Å². The van der Waals surface area contributed by atoms with Crippen molar-refractivity contribution in [3.63, 3.8) is 0 Å². The van der Waals surface area contributed by atoms with Gasteiger partial charge in [0.25, 0.3) is 5.95 Å². The van der Waals surface area contributed by atoms with Crippen LogP contribution in [0.4, 0.5) is 5.82 Å². The molecule has 1 amide bonds. The molecule has 0 spiro atoms. The first kappa shape index (κ1) is 21.1. The fourth-order valence-corrected chi connectivity index (χ4v) is 3.98. The summed E-state index contributed by atoms with van der Waals surface area (Å²) in [5.74, 6) is 1.32. The molecule has 0 fully saturated rings. The van der Waals surface area contributed by atoms with Gasteiger partial charge in [0.1, 0.15) is 5.82 Å². The molecule has 8 heteroatoms. The van der Waals surface area contributed by atoms with E-state index >= 15 is 0 Å². The number of benzene rings is 2. The zero-order chi connectivity index (χ0) is 22.6. The Balaban J connectivity index is 1.50. The van der Waals surface area contributed by atoms with Crippen molar-refractivity contribution in [2.75, 3.05) is 11.9 Å². The van der Waals surface area contributed by atoms with Crippen LogP contribution in [0.5, 0.6) is 0 Å². The van der Waals surface area contributed by atoms with Crippen molar-refractivity contribution >= 4 is 22.6 Å². The van der Waals surface area contributed by atoms with Crippen LogP contribution in [0.25, 0.3) is 16.9 Å². The van der Waals surface area contributed by atoms with Gasteiger partial charge in [0.05, 0.1) is 30.6 Å². The Morgan fingerprint density at radius 3 is 2.82 bits per heavy atom. The lowest BCUT2D eigenvalue weighted by molar-refractivity contribution is -0.120. The second-order valence-corrected chi connectivity index (χ2v) is 7.98. The third-order valence-corrected chi connectivity index (χ3v) is 5.80. The summed E-state index contributed by atoms with van der Waals surface area (Å²) in [6.45, 7) is 4.10. The smallest absolute Gasteiger partial charge is 0.253 e. The minimum Gasteiger partial charge on any atom is -0.376 e. The van der Waals surface area contributed by atoms with Crippen LogP contribution in [0.1, 0.15) is 35.7 Å². The van der Waals surface area contributed by atoms with Crippen molar-refractivity contribution in [1.29, 1.82) is 0 Å². The summed E-state index contributed by atoms with van der Waals surface area (Å²) < 4.78 is 7.45. The van der Waals surface area contributed by atoms with Crippen LogP contribution in [0, 0.1) is 0 Å². The van der Waals surface area contributed by atoms with E-state index in [-0.39, 0.29) is 5.91 Å². The minimum absolute atomic E-state index is 0.0220. The van der Waals surface area contributed by atoms with Gasteiger partial charge < -0.3 is 15.4 Å². The molecule has 2 aromatic carbocycles. The Morgan fingerprint density at radius 2 is 1.97 bits per heavy atom. The molecule has 0 bridgehead atoms. The number of hydrogen-bond donors (Lipinski definition) is 2. The topological polar surface area (TPSA) is 94.0 Å². The van der Waals surface area contributed by atoms with Gasteiger partial charge in [0, 0.05) is 36.9 Å². The molecule has 1 aliphatic rings. The van der Waals surface area contributed by atoms with E-state index in [9.17, 15) is 4.79 Å². The number of hydrogen-bond acceptors (Lipinski definition) is 6. The summed E-state index contributed by atoms with van der Waals surface area (Å²) in [6, 6.07) is 16.2. The predicted molar refractivity (Wildman–Crippen MR) is 126 cm³/mol. The highest BCUT2D eigenvalue weighted by atomic mass is 16.5. The van der Waals surface area contributed by atoms with Crippen LogP contribution in [-0.2, 0) is 35.6 Å². The zero-order valence-electron chi connectivity index (χ0n) is 18.5. The van der Waals surface area contributed by atoms with E-state index in [2.05, 4.69) is 27.9 Å². The molecule has 8 nitrogen and oxygen atoms in total. The second-order valence-electron chi connectivity index (χ2n) is 7.98. The Morgan fingerprint density at radius 1 is 1.09 bits per heavy atom. The van der Waals surface area contributed by atoms with Gasteiger partial charge in [-0.15, -0.1) is 0 Å². The molecular formula is C25H26N6O2. The SMILES string of the molecule is CCC(=O)NCc1cccc2c1cnn2-c1nc2c(c(NCc3ccccc3)n1)COCC2. The predicted octanol–water partition coefficient (Wildman–Crippen LogP) is 3.53. The van der Waals surface area contributed by atoms with Gasteiger partial charge in [-0.1, -0.05) is 49.4 Å². The van der Waals surface area contributed by atoms with Crippen molar-refractivity contribution in [1.82, 2.24) is 25.1 Å². The molecule has 2 aromatic heterocycles. The highest BCUT2D eigenvalue weighted by Crippen LogP contribution is 2.26. The van der Waals surface area contributed by atoms with E-state index in [4.69, 9.17) is 14.7 Å². The Hall–Kier alpha value is -3.78. The molecule has 1 aliphatic heterocycles. The number of ether oxygens (including phenoxy) is 1. The normalized spacial score (nSPS) is 13.0. The van der Waals surface area contributed by atoms with Crippen LogP contribution < -0.4 is 10.6 Å². The molecule has 0 saturated heterocycles. The largest absolute Gasteiger partial charge is 0.376 e. The van der Waals surface area contributed by atoms with Crippen molar-refractivity contribution < 1.29 is 9.53 Å². The van der Waals surface area contributed by atoms with E-state index in [1.54, 1.807) is 4.68 Å². The van der Waals surface area contributed by atoms with E-state index in [0.29, 0.717) is 38.7 Å². The van der Waals surface area contributed by atoms with Crippen LogP contribution in [0.15, 0.2) is 54.7 Å². The summed E-state index contributed by atoms with van der Waals surface area (Å²) >= 11 is 0. The zero-order valence-corrected chi connectivity index (χ0v) is 18.5. The Labute approximate surface area is 192 Å². The number of carbonyl (C=O) groups is 1. The van der Waals surface area contributed by atoms with Gasteiger partial charge in [0.2, 0.25) is 5.91 Å². The Kier molecular flexibility index (Phi) is 5.99. The molecule has 168 valence electrons. The molecule has 5 rings (SSSR count). The molecule has 0 aliphatic carbocycles. The lowest BCUT2D eigenvalue weighted by Gasteiger charge is -2.20. The third-order valence-electron chi connectivity index (χ3n) is 5.80. The summed E-state index contributed by atoms with van der Waals surface area (Å²) in [7, 11) is 0. The number of rotatable bonds is 7. The number of amides is 1. The summed E-state index contributed by atoms with van der Waals surface area (Å²) in [6.07, 6.45) is 3.00. The number of nitrogens with zero attached hydrogens (tertiary/aromatic N) is 4. The van der Waals surface area contributed by atoms with Gasteiger partial charge in [0.15, 0.2) is 0 Å². The van der Waals surface area contributed by atoms with Gasteiger partial charge in [-0.2, -0.15) is 14.8 Å². The maximum absolute atomic E-state index is 11.7. The van der Waals surface area contributed by atoms with Gasteiger partial charge in [-0.05, 0) is 17.2 Å². The van der Waals surface area contributed by atoms with Crippen LogP contribution >= 0.6 is 0 Å². The van der Waals surface area contributed by atoms with Crippen molar-refractivity contribution in [2.45, 2.75) is 39.5 Å². The second kappa shape index (κ2) is 9.38. The first-order valence-corrected chi connectivity index (χ1v) is 11.2. The lowest BCUT2D eigenvalue weighted by atomic mass is 10.1. The van der Waals surface area contributed by atoms with Crippen LogP contribution in [-0.4, -0.2) is 32.3 Å². The Bertz CT molecular complexity index is 1290. The van der Waals surface area contributed by atoms with Gasteiger partial charge in [-0.3, -0.25) is 4.79 Å². The third kappa shape index (κ3) is 4.42. The highest BCUT2D eigenvalue weighted by Gasteiger charge is 2.20. The average molecular weight is 443 g/mol. The first-order valence-electron chi connectivity index (χ1n) is 11.2. The van der Waals surface area contributed by atoms with E-state index in [0.717, 1.165) is 40.0 Å². The van der Waals surface area contributed by atoms with E-state index in [1.807, 2.05) is 49.5 Å². The molecule has 0 atom stereocenters. The molecule has 0 saturated carbocycles. The highest BCUT2D eigenvalue weighted by molar-refractivity contribution is 5.84. The number of nitrogens with one attached hydrogen (secondary N) is 2. The molecule has 2 N–H and O–H groups in total.